The Balaban J connectivity index is 2.93. The second-order valence-electron chi connectivity index (χ2n) is 2.59. The number of nitrogens with two attached hydrogens (primary N) is 1. The van der Waals surface area contributed by atoms with Crippen molar-refractivity contribution < 1.29 is 9.53 Å². The molecule has 74 valence electrons. The largest absolute Gasteiger partial charge is 0.496 e. The number of methoxy groups -OCH3 is 1. The first-order chi connectivity index (χ1) is 6.77. The van der Waals surface area contributed by atoms with Crippen molar-refractivity contribution in [1.82, 2.24) is 5.43 Å². The number of hydrogen-bond acceptors (Lipinski definition) is 3. The van der Waals surface area contributed by atoms with Crippen LogP contribution in [0, 0.1) is 0 Å². The number of carbonyl (C=O) groups excluding carboxylic acids is 1. The van der Waals surface area contributed by atoms with Gasteiger partial charge in [-0.25, -0.2) is 5.84 Å². The van der Waals surface area contributed by atoms with Crippen molar-refractivity contribution in [3.05, 3.63) is 42.0 Å². The lowest BCUT2D eigenvalue weighted by Gasteiger charge is -2.05. The maximum Gasteiger partial charge on any atom is 0.261 e. The van der Waals surface area contributed by atoms with Crippen LogP contribution in [0.1, 0.15) is 5.56 Å². The fourth-order valence-electron chi connectivity index (χ4n) is 1.02. The van der Waals surface area contributed by atoms with Crippen molar-refractivity contribution >= 4 is 11.7 Å². The summed E-state index contributed by atoms with van der Waals surface area (Å²) >= 11 is 0. The third-order valence-corrected chi connectivity index (χ3v) is 1.68. The van der Waals surface area contributed by atoms with Crippen LogP contribution in [0.4, 0.5) is 0 Å². The number of carbonyl (C=O) groups is 1. The normalized spacial score (nSPS) is 10.9. The van der Waals surface area contributed by atoms with Crippen LogP contribution in [0.25, 0.3) is 5.76 Å². The molecule has 0 bridgehead atoms. The lowest BCUT2D eigenvalue weighted by Crippen LogP contribution is -2.28. The Morgan fingerprint density at radius 3 is 2.57 bits per heavy atom. The first-order valence-corrected chi connectivity index (χ1v) is 4.09. The molecule has 0 aliphatic rings. The molecule has 0 radical (unpaired) electrons. The molecule has 0 saturated carbocycles. The Bertz CT molecular complexity index is 333. The summed E-state index contributed by atoms with van der Waals surface area (Å²) in [6.07, 6.45) is 1.30. The molecule has 1 rings (SSSR count). The van der Waals surface area contributed by atoms with E-state index in [-0.39, 0.29) is 0 Å². The number of amides is 1. The third kappa shape index (κ3) is 2.60. The third-order valence-electron chi connectivity index (χ3n) is 1.68. The van der Waals surface area contributed by atoms with Crippen molar-refractivity contribution in [2.24, 2.45) is 5.84 Å². The maximum absolute atomic E-state index is 11.0. The van der Waals surface area contributed by atoms with E-state index in [0.717, 1.165) is 5.56 Å². The van der Waals surface area contributed by atoms with E-state index in [0.29, 0.717) is 5.76 Å². The van der Waals surface area contributed by atoms with Crippen LogP contribution >= 0.6 is 0 Å². The molecule has 0 aromatic heterocycles. The fourth-order valence-corrected chi connectivity index (χ4v) is 1.02. The minimum absolute atomic E-state index is 0.397. The number of hydrogen-bond donors (Lipinski definition) is 2. The lowest BCUT2D eigenvalue weighted by atomic mass is 10.2. The van der Waals surface area contributed by atoms with E-state index in [1.54, 1.807) is 0 Å². The summed E-state index contributed by atoms with van der Waals surface area (Å²) in [5.74, 6) is 5.04. The van der Waals surface area contributed by atoms with Crippen LogP contribution in [-0.4, -0.2) is 13.0 Å². The molecule has 4 heteroatoms. The molecule has 0 atom stereocenters. The van der Waals surface area contributed by atoms with E-state index in [2.05, 4.69) is 0 Å². The van der Waals surface area contributed by atoms with E-state index in [4.69, 9.17) is 10.6 Å². The fraction of sp³-hybridized carbons (Fsp3) is 0.100. The van der Waals surface area contributed by atoms with Gasteiger partial charge in [0.2, 0.25) is 0 Å². The van der Waals surface area contributed by atoms with E-state index < -0.39 is 5.91 Å². The summed E-state index contributed by atoms with van der Waals surface area (Å²) in [7, 11) is 1.50. The van der Waals surface area contributed by atoms with Crippen molar-refractivity contribution in [1.29, 1.82) is 0 Å². The van der Waals surface area contributed by atoms with Gasteiger partial charge >= 0.3 is 0 Å². The van der Waals surface area contributed by atoms with Gasteiger partial charge in [-0.3, -0.25) is 10.2 Å². The molecule has 1 amide bonds. The Morgan fingerprint density at radius 2 is 2.07 bits per heavy atom. The molecule has 4 nitrogen and oxygen atoms in total. The van der Waals surface area contributed by atoms with Gasteiger partial charge in [0, 0.05) is 11.6 Å². The predicted molar refractivity (Wildman–Crippen MR) is 53.8 cm³/mol. The highest BCUT2D eigenvalue weighted by molar-refractivity contribution is 5.93. The molecule has 0 saturated heterocycles. The first kappa shape index (κ1) is 10.3. The molecule has 0 aliphatic carbocycles. The lowest BCUT2D eigenvalue weighted by molar-refractivity contribution is -0.116. The summed E-state index contributed by atoms with van der Waals surface area (Å²) < 4.78 is 5.05. The second kappa shape index (κ2) is 5.04. The Labute approximate surface area is 82.3 Å². The average molecular weight is 192 g/mol. The van der Waals surface area contributed by atoms with Crippen molar-refractivity contribution in [3.8, 4) is 0 Å². The highest BCUT2D eigenvalue weighted by Crippen LogP contribution is 2.13. The van der Waals surface area contributed by atoms with Crippen LogP contribution < -0.4 is 11.3 Å². The average Bonchev–Trinajstić information content (AvgIpc) is 2.26. The quantitative estimate of drug-likeness (QED) is 0.243. The number of benzene rings is 1. The Morgan fingerprint density at radius 1 is 1.43 bits per heavy atom. The van der Waals surface area contributed by atoms with E-state index in [1.165, 1.54) is 13.2 Å². The Kier molecular flexibility index (Phi) is 3.69. The molecule has 0 fully saturated rings. The van der Waals surface area contributed by atoms with Crippen LogP contribution in [0.3, 0.4) is 0 Å². The zero-order valence-corrected chi connectivity index (χ0v) is 7.86. The SMILES string of the molecule is COC(=CC(=O)NN)c1ccccc1. The van der Waals surface area contributed by atoms with Gasteiger partial charge in [-0.1, -0.05) is 30.3 Å². The molecular formula is C10H12N2O2. The highest BCUT2D eigenvalue weighted by Gasteiger charge is 2.02. The second-order valence-corrected chi connectivity index (χ2v) is 2.59. The van der Waals surface area contributed by atoms with Gasteiger partial charge in [-0.2, -0.15) is 0 Å². The van der Waals surface area contributed by atoms with Crippen LogP contribution in [0.2, 0.25) is 0 Å². The summed E-state index contributed by atoms with van der Waals surface area (Å²) in [5.41, 5.74) is 2.84. The van der Waals surface area contributed by atoms with Crippen molar-refractivity contribution in [3.63, 3.8) is 0 Å². The number of rotatable bonds is 3. The van der Waals surface area contributed by atoms with Gasteiger partial charge in [-0.05, 0) is 0 Å². The molecule has 0 spiro atoms. The summed E-state index contributed by atoms with van der Waals surface area (Å²) in [5, 5.41) is 0. The standard InChI is InChI=1S/C10H12N2O2/c1-14-9(7-10(13)12-11)8-5-3-2-4-6-8/h2-7H,11H2,1H3,(H,12,13). The van der Waals surface area contributed by atoms with Crippen LogP contribution in [0.5, 0.6) is 0 Å². The highest BCUT2D eigenvalue weighted by atomic mass is 16.5. The summed E-state index contributed by atoms with van der Waals surface area (Å²) in [6.45, 7) is 0. The summed E-state index contributed by atoms with van der Waals surface area (Å²) in [4.78, 5) is 11.0. The molecule has 0 aliphatic heterocycles. The Hall–Kier alpha value is -1.81. The van der Waals surface area contributed by atoms with E-state index in [1.807, 2.05) is 35.8 Å². The zero-order valence-electron chi connectivity index (χ0n) is 7.86. The van der Waals surface area contributed by atoms with Gasteiger partial charge in [0.1, 0.15) is 5.76 Å². The maximum atomic E-state index is 11.0. The van der Waals surface area contributed by atoms with Crippen LogP contribution in [-0.2, 0) is 9.53 Å². The molecule has 0 unspecified atom stereocenters. The minimum Gasteiger partial charge on any atom is -0.496 e. The van der Waals surface area contributed by atoms with Crippen LogP contribution in [0.15, 0.2) is 36.4 Å². The number of nitrogens with one attached hydrogen (secondary N) is 1. The number of ether oxygens (including phenoxy) is 1. The minimum atomic E-state index is -0.397. The van der Waals surface area contributed by atoms with Crippen molar-refractivity contribution in [2.75, 3.05) is 7.11 Å². The van der Waals surface area contributed by atoms with E-state index >= 15 is 0 Å². The monoisotopic (exact) mass is 192 g/mol. The molecular weight excluding hydrogens is 180 g/mol. The van der Waals surface area contributed by atoms with Gasteiger partial charge < -0.3 is 4.74 Å². The van der Waals surface area contributed by atoms with E-state index in [9.17, 15) is 4.79 Å². The topological polar surface area (TPSA) is 64.3 Å². The first-order valence-electron chi connectivity index (χ1n) is 4.09. The van der Waals surface area contributed by atoms with Gasteiger partial charge in [-0.15, -0.1) is 0 Å². The van der Waals surface area contributed by atoms with Crippen molar-refractivity contribution in [2.45, 2.75) is 0 Å². The van der Waals surface area contributed by atoms with Gasteiger partial charge in [0.25, 0.3) is 5.91 Å². The molecule has 3 N–H and O–H groups in total. The predicted octanol–water partition coefficient (Wildman–Crippen LogP) is 0.664. The summed E-state index contributed by atoms with van der Waals surface area (Å²) in [6, 6.07) is 9.31. The van der Waals surface area contributed by atoms with Gasteiger partial charge in [0.05, 0.1) is 7.11 Å². The molecule has 14 heavy (non-hydrogen) atoms. The zero-order chi connectivity index (χ0) is 10.4. The number of hydrazine groups is 1. The molecule has 1 aromatic rings. The smallest absolute Gasteiger partial charge is 0.261 e. The molecule has 0 heterocycles. The molecule has 1 aromatic carbocycles. The van der Waals surface area contributed by atoms with Gasteiger partial charge in [0.15, 0.2) is 0 Å².